The third kappa shape index (κ3) is 5.81. The molecule has 0 heterocycles. The van der Waals surface area contributed by atoms with E-state index in [-0.39, 0.29) is 51.1 Å². The SMILES string of the molecule is CCOC(=O)C1(C(=O)OCC)C[C@H](C[Si](CC)(CC)CC)[C@@H](CC)CC1(C(=O)OCC)C(=O)OCC. The van der Waals surface area contributed by atoms with Crippen molar-refractivity contribution in [3.63, 3.8) is 0 Å². The Kier molecular flexibility index (Phi) is 12.6. The molecule has 0 saturated heterocycles. The Bertz CT molecular complexity index is 717. The van der Waals surface area contributed by atoms with Crippen molar-refractivity contribution in [3.8, 4) is 0 Å². The minimum Gasteiger partial charge on any atom is -0.465 e. The van der Waals surface area contributed by atoms with Crippen molar-refractivity contribution in [2.24, 2.45) is 22.7 Å². The summed E-state index contributed by atoms with van der Waals surface area (Å²) in [6, 6.07) is 4.15. The summed E-state index contributed by atoms with van der Waals surface area (Å²) in [5.74, 6) is -3.81. The number of hydrogen-bond donors (Lipinski definition) is 0. The molecule has 0 N–H and O–H groups in total. The molecular formula is C27H48O8Si. The quantitative estimate of drug-likeness (QED) is 0.132. The first-order valence-corrected chi connectivity index (χ1v) is 16.6. The van der Waals surface area contributed by atoms with Gasteiger partial charge in [-0.25, -0.2) is 0 Å². The molecule has 1 saturated carbocycles. The molecule has 1 aliphatic rings. The summed E-state index contributed by atoms with van der Waals surface area (Å²) in [4.78, 5) is 55.2. The van der Waals surface area contributed by atoms with Gasteiger partial charge in [-0.1, -0.05) is 58.3 Å². The van der Waals surface area contributed by atoms with Gasteiger partial charge in [0.2, 0.25) is 0 Å². The fourth-order valence-corrected chi connectivity index (χ4v) is 10.1. The van der Waals surface area contributed by atoms with Crippen molar-refractivity contribution in [3.05, 3.63) is 0 Å². The summed E-state index contributed by atoms with van der Waals surface area (Å²) in [5.41, 5.74) is -4.35. The lowest BCUT2D eigenvalue weighted by Crippen LogP contribution is -2.67. The van der Waals surface area contributed by atoms with Crippen LogP contribution in [0.3, 0.4) is 0 Å². The summed E-state index contributed by atoms with van der Waals surface area (Å²) in [6.45, 7) is 15.1. The highest BCUT2D eigenvalue weighted by atomic mass is 28.3. The Morgan fingerprint density at radius 1 is 0.583 bits per heavy atom. The molecule has 0 aliphatic heterocycles. The predicted octanol–water partition coefficient (Wildman–Crippen LogP) is 5.16. The molecule has 36 heavy (non-hydrogen) atoms. The Morgan fingerprint density at radius 3 is 1.14 bits per heavy atom. The van der Waals surface area contributed by atoms with Gasteiger partial charge in [0.1, 0.15) is 0 Å². The molecule has 0 aromatic carbocycles. The van der Waals surface area contributed by atoms with Crippen molar-refractivity contribution in [2.75, 3.05) is 26.4 Å². The van der Waals surface area contributed by atoms with Crippen LogP contribution in [0.25, 0.3) is 0 Å². The Balaban J connectivity index is 4.02. The smallest absolute Gasteiger partial charge is 0.325 e. The van der Waals surface area contributed by atoms with Crippen LogP contribution in [0.5, 0.6) is 0 Å². The van der Waals surface area contributed by atoms with Gasteiger partial charge >= 0.3 is 23.9 Å². The van der Waals surface area contributed by atoms with E-state index in [9.17, 15) is 19.2 Å². The minimum absolute atomic E-state index is 0.00441. The van der Waals surface area contributed by atoms with Gasteiger partial charge in [-0.15, -0.1) is 0 Å². The van der Waals surface area contributed by atoms with Gasteiger partial charge in [0.05, 0.1) is 34.5 Å². The Hall–Kier alpha value is -1.90. The first-order valence-electron chi connectivity index (χ1n) is 13.8. The molecule has 0 bridgehead atoms. The molecule has 0 aromatic heterocycles. The molecule has 8 nitrogen and oxygen atoms in total. The molecule has 1 rings (SSSR count). The molecule has 9 heteroatoms. The van der Waals surface area contributed by atoms with Crippen LogP contribution < -0.4 is 0 Å². The molecule has 2 atom stereocenters. The summed E-state index contributed by atoms with van der Waals surface area (Å²) in [5, 5.41) is 0. The van der Waals surface area contributed by atoms with E-state index in [1.165, 1.54) is 0 Å². The topological polar surface area (TPSA) is 105 Å². The highest BCUT2D eigenvalue weighted by Crippen LogP contribution is 2.60. The van der Waals surface area contributed by atoms with Crippen molar-refractivity contribution in [1.29, 1.82) is 0 Å². The van der Waals surface area contributed by atoms with Crippen molar-refractivity contribution < 1.29 is 38.1 Å². The Labute approximate surface area is 218 Å². The highest BCUT2D eigenvalue weighted by molar-refractivity contribution is 6.79. The Morgan fingerprint density at radius 2 is 0.889 bits per heavy atom. The number of esters is 4. The van der Waals surface area contributed by atoms with Crippen LogP contribution in [0.4, 0.5) is 0 Å². The number of rotatable bonds is 14. The second kappa shape index (κ2) is 14.1. The van der Waals surface area contributed by atoms with Crippen LogP contribution in [0, 0.1) is 22.7 Å². The van der Waals surface area contributed by atoms with E-state index in [1.807, 2.05) is 6.92 Å². The van der Waals surface area contributed by atoms with Gasteiger partial charge in [-0.2, -0.15) is 0 Å². The largest absolute Gasteiger partial charge is 0.465 e. The van der Waals surface area contributed by atoms with Gasteiger partial charge in [0.25, 0.3) is 0 Å². The molecule has 1 fully saturated rings. The number of carbonyl (C=O) groups excluding carboxylic acids is 4. The van der Waals surface area contributed by atoms with Crippen molar-refractivity contribution in [1.82, 2.24) is 0 Å². The first kappa shape index (κ1) is 32.1. The van der Waals surface area contributed by atoms with E-state index in [1.54, 1.807) is 27.7 Å². The van der Waals surface area contributed by atoms with E-state index in [4.69, 9.17) is 18.9 Å². The van der Waals surface area contributed by atoms with Crippen LogP contribution in [0.15, 0.2) is 0 Å². The van der Waals surface area contributed by atoms with Gasteiger partial charge in [-0.3, -0.25) is 19.2 Å². The second-order valence-corrected chi connectivity index (χ2v) is 15.3. The van der Waals surface area contributed by atoms with Crippen molar-refractivity contribution >= 4 is 32.0 Å². The lowest BCUT2D eigenvalue weighted by Gasteiger charge is -2.52. The van der Waals surface area contributed by atoms with Gasteiger partial charge in [0, 0.05) is 0 Å². The zero-order valence-electron chi connectivity index (χ0n) is 23.7. The monoisotopic (exact) mass is 528 g/mol. The van der Waals surface area contributed by atoms with Gasteiger partial charge in [-0.05, 0) is 52.4 Å². The molecule has 1 aliphatic carbocycles. The zero-order valence-corrected chi connectivity index (χ0v) is 24.7. The van der Waals surface area contributed by atoms with Gasteiger partial charge in [0.15, 0.2) is 10.8 Å². The molecular weight excluding hydrogens is 480 g/mol. The maximum atomic E-state index is 13.9. The average molecular weight is 529 g/mol. The normalized spacial score (nSPS) is 20.8. The fraction of sp³-hybridized carbons (Fsp3) is 0.852. The molecule has 0 amide bonds. The van der Waals surface area contributed by atoms with Crippen LogP contribution in [-0.4, -0.2) is 58.4 Å². The number of hydrogen-bond acceptors (Lipinski definition) is 8. The third-order valence-corrected chi connectivity index (χ3v) is 14.4. The van der Waals surface area contributed by atoms with E-state index in [0.29, 0.717) is 6.42 Å². The summed E-state index contributed by atoms with van der Waals surface area (Å²) in [7, 11) is -1.70. The van der Waals surface area contributed by atoms with E-state index >= 15 is 0 Å². The second-order valence-electron chi connectivity index (χ2n) is 9.79. The van der Waals surface area contributed by atoms with Crippen LogP contribution in [0.2, 0.25) is 24.2 Å². The molecule has 0 spiro atoms. The molecule has 0 radical (unpaired) electrons. The fourth-order valence-electron chi connectivity index (χ4n) is 6.14. The van der Waals surface area contributed by atoms with E-state index < -0.39 is 42.8 Å². The summed E-state index contributed by atoms with van der Waals surface area (Å²) >= 11 is 0. The van der Waals surface area contributed by atoms with E-state index in [0.717, 1.165) is 24.2 Å². The first-order chi connectivity index (χ1) is 17.1. The number of ether oxygens (including phenoxy) is 4. The summed E-state index contributed by atoms with van der Waals surface area (Å²) in [6.07, 6.45) is 0.662. The maximum absolute atomic E-state index is 13.9. The average Bonchev–Trinajstić information content (AvgIpc) is 2.87. The third-order valence-electron chi connectivity index (χ3n) is 8.50. The van der Waals surface area contributed by atoms with Gasteiger partial charge < -0.3 is 18.9 Å². The lowest BCUT2D eigenvalue weighted by atomic mass is 9.50. The molecule has 0 unspecified atom stereocenters. The molecule has 208 valence electrons. The minimum atomic E-state index is -2.18. The number of carbonyl (C=O) groups is 4. The molecule has 0 aromatic rings. The predicted molar refractivity (Wildman–Crippen MR) is 140 cm³/mol. The van der Waals surface area contributed by atoms with Crippen LogP contribution >= 0.6 is 0 Å². The zero-order chi connectivity index (χ0) is 27.6. The van der Waals surface area contributed by atoms with Crippen LogP contribution in [-0.2, 0) is 38.1 Å². The van der Waals surface area contributed by atoms with Crippen LogP contribution in [0.1, 0.15) is 74.7 Å². The lowest BCUT2D eigenvalue weighted by molar-refractivity contribution is -0.213. The highest BCUT2D eigenvalue weighted by Gasteiger charge is 2.76. The van der Waals surface area contributed by atoms with Crippen molar-refractivity contribution in [2.45, 2.75) is 98.8 Å². The maximum Gasteiger partial charge on any atom is 0.325 e. The summed E-state index contributed by atoms with van der Waals surface area (Å²) < 4.78 is 21.7. The van der Waals surface area contributed by atoms with E-state index in [2.05, 4.69) is 20.8 Å². The standard InChI is InChI=1S/C27H48O8Si/c1-9-20-17-26(22(28)32-10-2,23(29)33-11-3)27(24(30)34-12-4,25(31)35-13-5)18-21(20)19-36(14-6,15-7)16-8/h20-21H,9-19H2,1-8H3/t20-,21+/m0/s1.